The number of rotatable bonds is 11. The van der Waals surface area contributed by atoms with Crippen molar-refractivity contribution in [2.24, 2.45) is 0 Å². The topological polar surface area (TPSA) is 27.7 Å². The largest absolute Gasteiger partial charge is 0.500 e. The second kappa shape index (κ2) is 11.7. The van der Waals surface area contributed by atoms with Crippen molar-refractivity contribution in [3.8, 4) is 0 Å². The summed E-state index contributed by atoms with van der Waals surface area (Å²) >= 11 is 2.01. The zero-order valence-electron chi connectivity index (χ0n) is 14.2. The quantitative estimate of drug-likeness (QED) is 0.235. The van der Waals surface area contributed by atoms with Crippen molar-refractivity contribution in [1.82, 2.24) is 0 Å². The lowest BCUT2D eigenvalue weighted by molar-refractivity contribution is 0.123. The number of aryl methyl sites for hydroxylation is 1. The molecule has 9 heteroatoms. The molecule has 136 valence electrons. The average Bonchev–Trinajstić information content (AvgIpc) is 2.64. The van der Waals surface area contributed by atoms with Gasteiger partial charge in [-0.2, -0.15) is 0 Å². The van der Waals surface area contributed by atoms with Crippen LogP contribution in [0.2, 0.25) is 6.04 Å². The van der Waals surface area contributed by atoms with Gasteiger partial charge in [0.25, 0.3) is 0 Å². The summed E-state index contributed by atoms with van der Waals surface area (Å²) in [7, 11) is 10.3. The van der Waals surface area contributed by atoms with Crippen LogP contribution in [0, 0.1) is 0 Å². The molecule has 1 aromatic rings. The Morgan fingerprint density at radius 2 is 1.88 bits per heavy atom. The predicted octanol–water partition coefficient (Wildman–Crippen LogP) is 6.00. The lowest BCUT2D eigenvalue weighted by Crippen LogP contribution is -2.42. The number of hydrogen-bond donors (Lipinski definition) is 0. The van der Waals surface area contributed by atoms with Gasteiger partial charge in [-0.1, -0.05) is 39.8 Å². The van der Waals surface area contributed by atoms with Gasteiger partial charge in [0, 0.05) is 38.0 Å². The fraction of sp³-hybridized carbons (Fsp3) is 0.600. The van der Waals surface area contributed by atoms with Gasteiger partial charge >= 0.3 is 8.80 Å². The summed E-state index contributed by atoms with van der Waals surface area (Å²) in [5, 5.41) is 0. The second-order valence-electron chi connectivity index (χ2n) is 5.15. The summed E-state index contributed by atoms with van der Waals surface area (Å²) in [4.78, 5) is 1.46. The van der Waals surface area contributed by atoms with Crippen LogP contribution in [0.1, 0.15) is 18.4 Å². The van der Waals surface area contributed by atoms with Crippen molar-refractivity contribution >= 4 is 61.8 Å². The lowest BCUT2D eigenvalue weighted by atomic mass is 10.1. The van der Waals surface area contributed by atoms with Crippen molar-refractivity contribution in [2.45, 2.75) is 34.8 Å². The van der Waals surface area contributed by atoms with Crippen LogP contribution < -0.4 is 0 Å². The highest BCUT2D eigenvalue weighted by Crippen LogP contribution is 2.51. The number of fused-ring (bicyclic) bond motifs is 1. The summed E-state index contributed by atoms with van der Waals surface area (Å²) in [5.41, 5.74) is 1.51. The lowest BCUT2D eigenvalue weighted by Gasteiger charge is -2.24. The Labute approximate surface area is 166 Å². The maximum atomic E-state index is 5.44. The molecule has 0 aliphatic carbocycles. The summed E-state index contributed by atoms with van der Waals surface area (Å²) < 4.78 is 17.0. The smallest absolute Gasteiger partial charge is 0.377 e. The predicted molar refractivity (Wildman–Crippen MR) is 116 cm³/mol. The minimum Gasteiger partial charge on any atom is -0.377 e. The van der Waals surface area contributed by atoms with Crippen LogP contribution in [0.15, 0.2) is 29.2 Å². The molecule has 0 saturated carbocycles. The van der Waals surface area contributed by atoms with Crippen LogP contribution >= 0.6 is 53.0 Å². The first-order valence-corrected chi connectivity index (χ1v) is 15.6. The van der Waals surface area contributed by atoms with Gasteiger partial charge in [0.05, 0.1) is 4.58 Å². The molecule has 0 fully saturated rings. The molecule has 3 nitrogen and oxygen atoms in total. The molecule has 2 rings (SSSR count). The van der Waals surface area contributed by atoms with Crippen molar-refractivity contribution in [3.05, 3.63) is 29.8 Å². The Kier molecular flexibility index (Phi) is 10.4. The Morgan fingerprint density at radius 3 is 2.62 bits per heavy atom. The van der Waals surface area contributed by atoms with Gasteiger partial charge in [-0.15, -0.1) is 11.8 Å². The van der Waals surface area contributed by atoms with Crippen LogP contribution in [0.25, 0.3) is 0 Å². The molecule has 1 atom stereocenters. The molecule has 0 aromatic heterocycles. The van der Waals surface area contributed by atoms with E-state index in [4.69, 9.17) is 13.3 Å². The van der Waals surface area contributed by atoms with Crippen LogP contribution in [0.3, 0.4) is 0 Å². The molecular weight excluding hydrogens is 417 g/mol. The van der Waals surface area contributed by atoms with Gasteiger partial charge in [-0.05, 0) is 50.5 Å². The van der Waals surface area contributed by atoms with E-state index >= 15 is 0 Å². The summed E-state index contributed by atoms with van der Waals surface area (Å²) in [6.07, 6.45) is 3.52. The van der Waals surface area contributed by atoms with Crippen LogP contribution in [0.5, 0.6) is 0 Å². The second-order valence-corrected chi connectivity index (χ2v) is 16.0. The molecular formula is C15H24O3S5Si. The number of hydrogen-bond acceptors (Lipinski definition) is 8. The van der Waals surface area contributed by atoms with E-state index < -0.39 is 8.80 Å². The molecule has 0 saturated heterocycles. The van der Waals surface area contributed by atoms with E-state index in [2.05, 4.69) is 24.3 Å². The SMILES string of the molecule is CO[Si](CCCSSSSC1CCc2ccccc2S1)(OC)OC. The zero-order valence-corrected chi connectivity index (χ0v) is 19.3. The summed E-state index contributed by atoms with van der Waals surface area (Å²) in [5.74, 6) is 1.09. The normalized spacial score (nSPS) is 17.7. The van der Waals surface area contributed by atoms with Crippen molar-refractivity contribution < 1.29 is 13.3 Å². The van der Waals surface area contributed by atoms with Crippen LogP contribution in [-0.2, 0) is 19.7 Å². The highest BCUT2D eigenvalue weighted by Gasteiger charge is 2.36. The van der Waals surface area contributed by atoms with E-state index in [1.807, 2.05) is 53.0 Å². The van der Waals surface area contributed by atoms with E-state index in [1.54, 1.807) is 21.3 Å². The van der Waals surface area contributed by atoms with Crippen molar-refractivity contribution in [1.29, 1.82) is 0 Å². The highest BCUT2D eigenvalue weighted by molar-refractivity contribution is 9.26. The first-order valence-electron chi connectivity index (χ1n) is 7.74. The fourth-order valence-electron chi connectivity index (χ4n) is 2.38. The number of thioether (sulfide) groups is 1. The molecule has 1 unspecified atom stereocenters. The minimum atomic E-state index is -2.38. The van der Waals surface area contributed by atoms with Gasteiger partial charge in [0.1, 0.15) is 0 Å². The van der Waals surface area contributed by atoms with Gasteiger partial charge in [-0.25, -0.2) is 0 Å². The summed E-state index contributed by atoms with van der Waals surface area (Å²) in [6, 6.07) is 9.65. The zero-order chi connectivity index (χ0) is 17.3. The third kappa shape index (κ3) is 6.66. The van der Waals surface area contributed by atoms with Crippen LogP contribution in [-0.4, -0.2) is 40.5 Å². The van der Waals surface area contributed by atoms with E-state index in [1.165, 1.54) is 23.3 Å². The molecule has 0 bridgehead atoms. The van der Waals surface area contributed by atoms with Gasteiger partial charge in [0.15, 0.2) is 0 Å². The van der Waals surface area contributed by atoms with Crippen LogP contribution in [0.4, 0.5) is 0 Å². The standard InChI is InChI=1S/C15H24O3S5Si/c1-16-24(17-2,18-3)12-6-11-19-22-23-21-15-10-9-13-7-4-5-8-14(13)20-15/h4-5,7-8,15H,6,9-12H2,1-3H3. The molecule has 1 aliphatic rings. The minimum absolute atomic E-state index is 0.661. The third-order valence-corrected chi connectivity index (χ3v) is 15.3. The average molecular weight is 441 g/mol. The number of benzene rings is 1. The molecule has 1 heterocycles. The maximum absolute atomic E-state index is 5.44. The molecule has 0 amide bonds. The van der Waals surface area contributed by atoms with Crippen molar-refractivity contribution in [3.63, 3.8) is 0 Å². The third-order valence-electron chi connectivity index (χ3n) is 3.75. The highest BCUT2D eigenvalue weighted by atomic mass is 33.7. The van der Waals surface area contributed by atoms with E-state index in [-0.39, 0.29) is 0 Å². The molecule has 24 heavy (non-hydrogen) atoms. The molecule has 0 radical (unpaired) electrons. The Bertz CT molecular complexity index is 482. The monoisotopic (exact) mass is 440 g/mol. The maximum Gasteiger partial charge on any atom is 0.500 e. The fourth-order valence-corrected chi connectivity index (χ4v) is 13.0. The van der Waals surface area contributed by atoms with Crippen molar-refractivity contribution in [2.75, 3.05) is 27.1 Å². The van der Waals surface area contributed by atoms with Gasteiger partial charge < -0.3 is 13.3 Å². The molecule has 0 spiro atoms. The Morgan fingerprint density at radius 1 is 1.12 bits per heavy atom. The Hall–Kier alpha value is 1.07. The summed E-state index contributed by atoms with van der Waals surface area (Å²) in [6.45, 7) is 0. The Balaban J connectivity index is 1.55. The van der Waals surface area contributed by atoms with Gasteiger partial charge in [-0.3, -0.25) is 0 Å². The van der Waals surface area contributed by atoms with E-state index in [0.29, 0.717) is 4.58 Å². The van der Waals surface area contributed by atoms with E-state index in [9.17, 15) is 0 Å². The molecule has 1 aromatic carbocycles. The first-order chi connectivity index (χ1) is 11.7. The molecule has 1 aliphatic heterocycles. The first kappa shape index (κ1) is 21.4. The molecule has 0 N–H and O–H groups in total. The van der Waals surface area contributed by atoms with E-state index in [0.717, 1.165) is 18.2 Å². The van der Waals surface area contributed by atoms with Gasteiger partial charge in [0.2, 0.25) is 0 Å².